The number of hydrogen-bond donors (Lipinski definition) is 2. The summed E-state index contributed by atoms with van der Waals surface area (Å²) in [6.45, 7) is 5.64. The number of amides is 1. The zero-order chi connectivity index (χ0) is 26.0. The largest absolute Gasteiger partial charge is 0.444 e. The summed E-state index contributed by atoms with van der Waals surface area (Å²) in [4.78, 5) is 33.2. The van der Waals surface area contributed by atoms with Crippen LogP contribution >= 0.6 is 0 Å². The van der Waals surface area contributed by atoms with Crippen molar-refractivity contribution >= 4 is 33.1 Å². The summed E-state index contributed by atoms with van der Waals surface area (Å²) in [5, 5.41) is 5.88. The van der Waals surface area contributed by atoms with Gasteiger partial charge in [0.2, 0.25) is 16.0 Å². The molecule has 2 aromatic heterocycles. The van der Waals surface area contributed by atoms with Crippen molar-refractivity contribution in [3.05, 3.63) is 28.2 Å². The van der Waals surface area contributed by atoms with Crippen LogP contribution in [0.2, 0.25) is 0 Å². The van der Waals surface area contributed by atoms with E-state index in [1.807, 2.05) is 0 Å². The number of carbonyl (C=O) groups is 1. The fourth-order valence-corrected chi connectivity index (χ4v) is 4.59. The van der Waals surface area contributed by atoms with Crippen LogP contribution in [0.5, 0.6) is 0 Å². The number of alkyl carbamates (subject to hydrolysis) is 1. The van der Waals surface area contributed by atoms with Crippen molar-refractivity contribution < 1.29 is 26.7 Å². The van der Waals surface area contributed by atoms with Gasteiger partial charge in [0, 0.05) is 43.8 Å². The SMILES string of the molecule is CC(C)(C)OC(=O)NCCn1c(=O)c(C(F)F)cc2cnc(NC3CCN(S(C)(=O)=O)CC3)nc21. The van der Waals surface area contributed by atoms with E-state index in [1.54, 1.807) is 20.8 Å². The molecule has 0 unspecified atom stereocenters. The molecule has 0 saturated carbocycles. The molecule has 1 saturated heterocycles. The average molecular weight is 517 g/mol. The van der Waals surface area contributed by atoms with E-state index in [4.69, 9.17) is 4.74 Å². The lowest BCUT2D eigenvalue weighted by Crippen LogP contribution is -2.42. The molecule has 2 aromatic rings. The molecule has 0 bridgehead atoms. The first-order valence-corrected chi connectivity index (χ1v) is 13.0. The molecule has 14 heteroatoms. The summed E-state index contributed by atoms with van der Waals surface area (Å²) in [5.74, 6) is 0.188. The van der Waals surface area contributed by atoms with E-state index >= 15 is 0 Å². The average Bonchev–Trinajstić information content (AvgIpc) is 2.73. The topological polar surface area (TPSA) is 136 Å². The molecule has 3 heterocycles. The maximum Gasteiger partial charge on any atom is 0.407 e. The van der Waals surface area contributed by atoms with Gasteiger partial charge in [0.25, 0.3) is 12.0 Å². The predicted octanol–water partition coefficient (Wildman–Crippen LogP) is 2.09. The number of aromatic nitrogens is 3. The second-order valence-electron chi connectivity index (χ2n) is 9.34. The molecule has 0 spiro atoms. The number of alkyl halides is 2. The number of carbonyl (C=O) groups excluding carboxylic acids is 1. The van der Waals surface area contributed by atoms with Gasteiger partial charge in [-0.2, -0.15) is 4.98 Å². The monoisotopic (exact) mass is 516 g/mol. The summed E-state index contributed by atoms with van der Waals surface area (Å²) in [6, 6.07) is 0.967. The van der Waals surface area contributed by atoms with Gasteiger partial charge in [0.15, 0.2) is 0 Å². The number of hydrogen-bond acceptors (Lipinski definition) is 8. The Labute approximate surface area is 201 Å². The molecular weight excluding hydrogens is 486 g/mol. The maximum absolute atomic E-state index is 13.5. The van der Waals surface area contributed by atoms with Gasteiger partial charge >= 0.3 is 6.09 Å². The number of anilines is 1. The molecule has 0 aliphatic carbocycles. The number of fused-ring (bicyclic) bond motifs is 1. The summed E-state index contributed by atoms with van der Waals surface area (Å²) in [6.07, 6.45) is -0.110. The summed E-state index contributed by atoms with van der Waals surface area (Å²) >= 11 is 0. The molecule has 2 N–H and O–H groups in total. The van der Waals surface area contributed by atoms with Crippen LogP contribution in [0.25, 0.3) is 11.0 Å². The Hall–Kier alpha value is -2.87. The van der Waals surface area contributed by atoms with Gasteiger partial charge in [-0.15, -0.1) is 0 Å². The molecule has 1 aliphatic rings. The van der Waals surface area contributed by atoms with Crippen LogP contribution in [0.1, 0.15) is 45.6 Å². The lowest BCUT2D eigenvalue weighted by molar-refractivity contribution is 0.0526. The molecule has 0 atom stereocenters. The fraction of sp³-hybridized carbons (Fsp3) is 0.619. The molecule has 3 rings (SSSR count). The molecule has 0 radical (unpaired) electrons. The molecule has 194 valence electrons. The minimum absolute atomic E-state index is 0.0483. The van der Waals surface area contributed by atoms with E-state index in [0.29, 0.717) is 25.9 Å². The molecular formula is C21H30F2N6O5S. The van der Waals surface area contributed by atoms with Crippen molar-refractivity contribution in [2.45, 2.75) is 58.2 Å². The first-order chi connectivity index (χ1) is 16.2. The Morgan fingerprint density at radius 1 is 1.29 bits per heavy atom. The summed E-state index contributed by atoms with van der Waals surface area (Å²) in [5.41, 5.74) is -2.18. The van der Waals surface area contributed by atoms with Crippen molar-refractivity contribution in [3.8, 4) is 0 Å². The van der Waals surface area contributed by atoms with E-state index in [1.165, 1.54) is 10.5 Å². The number of halogens is 2. The highest BCUT2D eigenvalue weighted by Gasteiger charge is 2.26. The fourth-order valence-electron chi connectivity index (χ4n) is 3.71. The van der Waals surface area contributed by atoms with Crippen molar-refractivity contribution in [3.63, 3.8) is 0 Å². The highest BCUT2D eigenvalue weighted by Crippen LogP contribution is 2.21. The van der Waals surface area contributed by atoms with E-state index < -0.39 is 39.3 Å². The number of piperidine rings is 1. The highest BCUT2D eigenvalue weighted by molar-refractivity contribution is 7.88. The summed E-state index contributed by atoms with van der Waals surface area (Å²) in [7, 11) is -3.26. The maximum atomic E-state index is 13.5. The van der Waals surface area contributed by atoms with Crippen LogP contribution < -0.4 is 16.2 Å². The van der Waals surface area contributed by atoms with Crippen molar-refractivity contribution in [2.75, 3.05) is 31.2 Å². The Balaban J connectivity index is 1.82. The Kier molecular flexibility index (Phi) is 7.94. The van der Waals surface area contributed by atoms with Crippen molar-refractivity contribution in [2.24, 2.45) is 0 Å². The Morgan fingerprint density at radius 2 is 1.94 bits per heavy atom. The first-order valence-electron chi connectivity index (χ1n) is 11.1. The lowest BCUT2D eigenvalue weighted by Gasteiger charge is -2.30. The van der Waals surface area contributed by atoms with Crippen LogP contribution in [-0.4, -0.2) is 70.9 Å². The lowest BCUT2D eigenvalue weighted by atomic mass is 10.1. The van der Waals surface area contributed by atoms with Gasteiger partial charge < -0.3 is 15.4 Å². The first kappa shape index (κ1) is 26.7. The van der Waals surface area contributed by atoms with Crippen molar-refractivity contribution in [1.82, 2.24) is 24.2 Å². The van der Waals surface area contributed by atoms with Crippen LogP contribution in [0.15, 0.2) is 17.1 Å². The Bertz CT molecular complexity index is 1240. The van der Waals surface area contributed by atoms with Crippen LogP contribution in [0, 0.1) is 0 Å². The van der Waals surface area contributed by atoms with Crippen LogP contribution in [-0.2, 0) is 21.3 Å². The predicted molar refractivity (Wildman–Crippen MR) is 126 cm³/mol. The summed E-state index contributed by atoms with van der Waals surface area (Å²) < 4.78 is 58.0. The van der Waals surface area contributed by atoms with Crippen molar-refractivity contribution in [1.29, 1.82) is 0 Å². The minimum Gasteiger partial charge on any atom is -0.444 e. The minimum atomic E-state index is -3.26. The molecule has 11 nitrogen and oxygen atoms in total. The van der Waals surface area contributed by atoms with Crippen LogP contribution in [0.4, 0.5) is 19.5 Å². The number of rotatable bonds is 7. The van der Waals surface area contributed by atoms with Gasteiger partial charge in [-0.1, -0.05) is 0 Å². The number of sulfonamides is 1. The number of pyridine rings is 1. The smallest absolute Gasteiger partial charge is 0.407 e. The van der Waals surface area contributed by atoms with E-state index in [-0.39, 0.29) is 36.1 Å². The van der Waals surface area contributed by atoms with Gasteiger partial charge in [0.05, 0.1) is 11.8 Å². The van der Waals surface area contributed by atoms with Gasteiger partial charge in [0.1, 0.15) is 11.2 Å². The second-order valence-corrected chi connectivity index (χ2v) is 11.3. The standard InChI is InChI=1S/C21H30F2N6O5S/c1-21(2,3)34-20(31)24-7-10-29-17-13(11-15(16(22)23)18(29)30)12-25-19(27-17)26-14-5-8-28(9-6-14)35(4,32)33/h11-12,14,16H,5-10H2,1-4H3,(H,24,31)(H,25,26,27). The molecule has 35 heavy (non-hydrogen) atoms. The Morgan fingerprint density at radius 3 is 2.51 bits per heavy atom. The van der Waals surface area contributed by atoms with E-state index in [9.17, 15) is 26.8 Å². The third kappa shape index (κ3) is 7.07. The van der Waals surface area contributed by atoms with Crippen LogP contribution in [0.3, 0.4) is 0 Å². The van der Waals surface area contributed by atoms with E-state index in [2.05, 4.69) is 20.6 Å². The number of nitrogens with zero attached hydrogens (tertiary/aromatic N) is 4. The van der Waals surface area contributed by atoms with Gasteiger partial charge in [-0.05, 0) is 39.7 Å². The zero-order valence-corrected chi connectivity index (χ0v) is 20.9. The molecule has 1 amide bonds. The third-order valence-corrected chi connectivity index (χ3v) is 6.65. The quantitative estimate of drug-likeness (QED) is 0.571. The molecule has 1 fully saturated rings. The highest BCUT2D eigenvalue weighted by atomic mass is 32.2. The third-order valence-electron chi connectivity index (χ3n) is 5.35. The van der Waals surface area contributed by atoms with E-state index in [0.717, 1.165) is 16.9 Å². The van der Waals surface area contributed by atoms with Gasteiger partial charge in [-0.3, -0.25) is 9.36 Å². The number of ether oxygens (including phenoxy) is 1. The molecule has 0 aromatic carbocycles. The van der Waals surface area contributed by atoms with Gasteiger partial charge in [-0.25, -0.2) is 31.3 Å². The normalized spacial score (nSPS) is 16.0. The number of nitrogens with one attached hydrogen (secondary N) is 2. The zero-order valence-electron chi connectivity index (χ0n) is 20.0. The molecule has 1 aliphatic heterocycles. The second kappa shape index (κ2) is 10.4.